The van der Waals surface area contributed by atoms with Crippen LogP contribution in [0.15, 0.2) is 24.3 Å². The Kier molecular flexibility index (Phi) is 3.07. The predicted octanol–water partition coefficient (Wildman–Crippen LogP) is 2.05. The van der Waals surface area contributed by atoms with E-state index < -0.39 is 0 Å². The lowest BCUT2D eigenvalue weighted by atomic mass is 9.90. The summed E-state index contributed by atoms with van der Waals surface area (Å²) in [4.78, 5) is 23.3. The third-order valence-electron chi connectivity index (χ3n) is 4.08. The summed E-state index contributed by atoms with van der Waals surface area (Å²) in [6.45, 7) is 2.62. The molecule has 0 bridgehead atoms. The number of hydrogen-bond donors (Lipinski definition) is 0. The molecule has 0 saturated carbocycles. The Labute approximate surface area is 116 Å². The maximum Gasteiger partial charge on any atom is 0.238 e. The Morgan fingerprint density at radius 1 is 1.32 bits per heavy atom. The number of hydrogen-bond acceptors (Lipinski definition) is 3. The number of aldehydes is 1. The van der Waals surface area contributed by atoms with Gasteiger partial charge >= 0.3 is 0 Å². The number of carbonyl (C=O) groups is 2. The van der Waals surface area contributed by atoms with Gasteiger partial charge in [-0.25, -0.2) is 5.01 Å². The number of nitrogens with zero attached hydrogens (tertiary/aromatic N) is 2. The van der Waals surface area contributed by atoms with Crippen LogP contribution in [0, 0.1) is 5.92 Å². The Bertz CT molecular complexity index is 517. The lowest BCUT2D eigenvalue weighted by Gasteiger charge is -2.26. The summed E-state index contributed by atoms with van der Waals surface area (Å²) < 4.78 is 0. The molecule has 4 nitrogen and oxygen atoms in total. The minimum absolute atomic E-state index is 0.0591. The lowest BCUT2D eigenvalue weighted by Crippen LogP contribution is -2.37. The summed E-state index contributed by atoms with van der Waals surface area (Å²) in [5.41, 5.74) is 1.03. The number of rotatable bonds is 2. The molecule has 0 aromatic heterocycles. The van der Waals surface area contributed by atoms with Crippen LogP contribution in [0.5, 0.6) is 0 Å². The second-order valence-corrected chi connectivity index (χ2v) is 5.54. The Balaban J connectivity index is 2.00. The van der Waals surface area contributed by atoms with E-state index in [9.17, 15) is 9.59 Å². The van der Waals surface area contributed by atoms with E-state index in [0.29, 0.717) is 18.0 Å². The summed E-state index contributed by atoms with van der Waals surface area (Å²) in [5.74, 6) is -0.0822. The molecule has 2 fully saturated rings. The van der Waals surface area contributed by atoms with Crippen LogP contribution in [-0.4, -0.2) is 34.8 Å². The van der Waals surface area contributed by atoms with Crippen molar-refractivity contribution in [3.05, 3.63) is 34.9 Å². The molecule has 1 aromatic rings. The summed E-state index contributed by atoms with van der Waals surface area (Å²) in [5, 5.41) is 4.44. The number of halogens is 1. The maximum absolute atomic E-state index is 11.9. The summed E-state index contributed by atoms with van der Waals surface area (Å²) in [7, 11) is 0. The molecule has 0 unspecified atom stereocenters. The predicted molar refractivity (Wildman–Crippen MR) is 71.4 cm³/mol. The molecular formula is C14H15ClN2O2. The second kappa shape index (κ2) is 4.62. The van der Waals surface area contributed by atoms with Crippen molar-refractivity contribution in [1.29, 1.82) is 0 Å². The highest BCUT2D eigenvalue weighted by Crippen LogP contribution is 2.43. The fourth-order valence-corrected chi connectivity index (χ4v) is 3.30. The fraction of sp³-hybridized carbons (Fsp3) is 0.429. The smallest absolute Gasteiger partial charge is 0.238 e. The van der Waals surface area contributed by atoms with E-state index >= 15 is 0 Å². The molecule has 3 atom stereocenters. The average Bonchev–Trinajstić information content (AvgIpc) is 2.90. The van der Waals surface area contributed by atoms with Crippen molar-refractivity contribution in [2.75, 3.05) is 6.54 Å². The van der Waals surface area contributed by atoms with Gasteiger partial charge in [0.15, 0.2) is 0 Å². The maximum atomic E-state index is 11.9. The molecular weight excluding hydrogens is 264 g/mol. The summed E-state index contributed by atoms with van der Waals surface area (Å²) in [6, 6.07) is 7.38. The van der Waals surface area contributed by atoms with Gasteiger partial charge in [-0.1, -0.05) is 23.7 Å². The first kappa shape index (κ1) is 12.6. The quantitative estimate of drug-likeness (QED) is 0.778. The van der Waals surface area contributed by atoms with Crippen LogP contribution < -0.4 is 0 Å². The van der Waals surface area contributed by atoms with Crippen LogP contribution in [0.25, 0.3) is 0 Å². The first-order chi connectivity index (χ1) is 9.13. The lowest BCUT2D eigenvalue weighted by molar-refractivity contribution is -0.138. The normalized spacial score (nSPS) is 30.7. The molecule has 1 amide bonds. The summed E-state index contributed by atoms with van der Waals surface area (Å²) >= 11 is 5.90. The standard InChI is InChI=1S/C14H15ClN2O2/c1-9-12(8-18)14(10-2-4-11(15)5-3-10)16-7-6-13(19)17(9)16/h2-5,8-9,12,14H,6-7H2,1H3/t9-,12-,14-/m1/s1. The molecule has 3 rings (SSSR count). The molecule has 19 heavy (non-hydrogen) atoms. The zero-order valence-electron chi connectivity index (χ0n) is 10.6. The highest BCUT2D eigenvalue weighted by Gasteiger charge is 2.50. The largest absolute Gasteiger partial charge is 0.303 e. The van der Waals surface area contributed by atoms with Crippen molar-refractivity contribution >= 4 is 23.8 Å². The van der Waals surface area contributed by atoms with Crippen LogP contribution in [0.2, 0.25) is 5.02 Å². The number of amides is 1. The fourth-order valence-electron chi connectivity index (χ4n) is 3.18. The molecule has 0 aliphatic carbocycles. The third kappa shape index (κ3) is 1.86. The number of hydrazine groups is 1. The van der Waals surface area contributed by atoms with E-state index in [2.05, 4.69) is 0 Å². The molecule has 2 aliphatic rings. The van der Waals surface area contributed by atoms with Gasteiger partial charge in [-0.3, -0.25) is 9.80 Å². The van der Waals surface area contributed by atoms with E-state index in [1.807, 2.05) is 36.2 Å². The van der Waals surface area contributed by atoms with Crippen molar-refractivity contribution in [1.82, 2.24) is 10.0 Å². The molecule has 5 heteroatoms. The number of fused-ring (bicyclic) bond motifs is 1. The molecule has 0 N–H and O–H groups in total. The van der Waals surface area contributed by atoms with E-state index in [4.69, 9.17) is 11.6 Å². The minimum Gasteiger partial charge on any atom is -0.303 e. The first-order valence-corrected chi connectivity index (χ1v) is 6.80. The first-order valence-electron chi connectivity index (χ1n) is 6.43. The third-order valence-corrected chi connectivity index (χ3v) is 4.34. The SMILES string of the molecule is C[C@@H]1[C@@H](C=O)[C@@H](c2ccc(Cl)cc2)N2CCC(=O)N12. The van der Waals surface area contributed by atoms with Crippen LogP contribution in [-0.2, 0) is 9.59 Å². The molecule has 2 aliphatic heterocycles. The van der Waals surface area contributed by atoms with Gasteiger partial charge in [0.05, 0.1) is 18.0 Å². The van der Waals surface area contributed by atoms with Crippen molar-refractivity contribution in [3.63, 3.8) is 0 Å². The van der Waals surface area contributed by atoms with Crippen molar-refractivity contribution in [2.45, 2.75) is 25.4 Å². The molecule has 0 radical (unpaired) electrons. The number of benzene rings is 1. The van der Waals surface area contributed by atoms with Gasteiger partial charge in [0.25, 0.3) is 0 Å². The van der Waals surface area contributed by atoms with Gasteiger partial charge in [0.1, 0.15) is 6.29 Å². The van der Waals surface area contributed by atoms with Gasteiger partial charge in [0.2, 0.25) is 5.91 Å². The van der Waals surface area contributed by atoms with Gasteiger partial charge in [-0.2, -0.15) is 0 Å². The zero-order valence-corrected chi connectivity index (χ0v) is 11.4. The van der Waals surface area contributed by atoms with E-state index in [1.54, 1.807) is 5.01 Å². The molecule has 2 saturated heterocycles. The highest BCUT2D eigenvalue weighted by molar-refractivity contribution is 6.30. The van der Waals surface area contributed by atoms with E-state index in [-0.39, 0.29) is 23.9 Å². The van der Waals surface area contributed by atoms with Gasteiger partial charge in [0, 0.05) is 18.0 Å². The van der Waals surface area contributed by atoms with Gasteiger partial charge < -0.3 is 4.79 Å². The summed E-state index contributed by atoms with van der Waals surface area (Å²) in [6.07, 6.45) is 1.50. The van der Waals surface area contributed by atoms with E-state index in [0.717, 1.165) is 11.8 Å². The minimum atomic E-state index is -0.189. The Hall–Kier alpha value is -1.39. The Morgan fingerprint density at radius 3 is 2.63 bits per heavy atom. The van der Waals surface area contributed by atoms with Gasteiger partial charge in [-0.15, -0.1) is 0 Å². The topological polar surface area (TPSA) is 40.6 Å². The molecule has 1 aromatic carbocycles. The monoisotopic (exact) mass is 278 g/mol. The van der Waals surface area contributed by atoms with E-state index in [1.165, 1.54) is 0 Å². The van der Waals surface area contributed by atoms with Crippen LogP contribution >= 0.6 is 11.6 Å². The van der Waals surface area contributed by atoms with Crippen LogP contribution in [0.1, 0.15) is 24.9 Å². The Morgan fingerprint density at radius 2 is 2.00 bits per heavy atom. The second-order valence-electron chi connectivity index (χ2n) is 5.10. The van der Waals surface area contributed by atoms with Crippen molar-refractivity contribution in [3.8, 4) is 0 Å². The van der Waals surface area contributed by atoms with Crippen LogP contribution in [0.3, 0.4) is 0 Å². The number of carbonyl (C=O) groups excluding carboxylic acids is 2. The molecule has 2 heterocycles. The molecule has 100 valence electrons. The van der Waals surface area contributed by atoms with Crippen molar-refractivity contribution in [2.24, 2.45) is 5.92 Å². The van der Waals surface area contributed by atoms with Gasteiger partial charge in [-0.05, 0) is 24.6 Å². The zero-order chi connectivity index (χ0) is 13.6. The molecule has 0 spiro atoms. The average molecular weight is 279 g/mol. The highest BCUT2D eigenvalue weighted by atomic mass is 35.5. The van der Waals surface area contributed by atoms with Crippen LogP contribution in [0.4, 0.5) is 0 Å². The van der Waals surface area contributed by atoms with Crippen molar-refractivity contribution < 1.29 is 9.59 Å².